The Labute approximate surface area is 120 Å². The molecule has 2 aromatic rings. The maximum Gasteiger partial charge on any atom is 0.267 e. The number of hydrogen-bond acceptors (Lipinski definition) is 6. The maximum atomic E-state index is 11.8. The molecule has 21 heavy (non-hydrogen) atoms. The summed E-state index contributed by atoms with van der Waals surface area (Å²) in [6, 6.07) is 3.19. The van der Waals surface area contributed by atoms with Crippen LogP contribution < -0.4 is 10.9 Å². The number of carbonyl (C=O) groups excluding carboxylic acids is 1. The fourth-order valence-electron chi connectivity index (χ4n) is 1.95. The van der Waals surface area contributed by atoms with E-state index < -0.39 is 0 Å². The summed E-state index contributed by atoms with van der Waals surface area (Å²) in [6.07, 6.45) is 2.18. The van der Waals surface area contributed by atoms with Crippen LogP contribution in [0.4, 0.5) is 0 Å². The van der Waals surface area contributed by atoms with E-state index in [0.29, 0.717) is 17.7 Å². The molecule has 3 rings (SSSR count). The minimum absolute atomic E-state index is 0.119. The van der Waals surface area contributed by atoms with Gasteiger partial charge in [0.15, 0.2) is 0 Å². The van der Waals surface area contributed by atoms with E-state index in [-0.39, 0.29) is 24.6 Å². The molecule has 0 aromatic carbocycles. The van der Waals surface area contributed by atoms with Crippen molar-refractivity contribution in [3.63, 3.8) is 0 Å². The van der Waals surface area contributed by atoms with Crippen molar-refractivity contribution < 1.29 is 9.21 Å². The highest BCUT2D eigenvalue weighted by atomic mass is 16.4. The van der Waals surface area contributed by atoms with Gasteiger partial charge in [-0.2, -0.15) is 5.10 Å². The Bertz CT molecular complexity index is 717. The zero-order valence-corrected chi connectivity index (χ0v) is 11.6. The minimum Gasteiger partial charge on any atom is -0.424 e. The van der Waals surface area contributed by atoms with Crippen LogP contribution >= 0.6 is 0 Å². The van der Waals surface area contributed by atoms with Gasteiger partial charge >= 0.3 is 0 Å². The Morgan fingerprint density at radius 2 is 2.24 bits per heavy atom. The van der Waals surface area contributed by atoms with Gasteiger partial charge in [-0.25, -0.2) is 4.68 Å². The van der Waals surface area contributed by atoms with Crippen LogP contribution in [0, 0.1) is 6.92 Å². The van der Waals surface area contributed by atoms with Gasteiger partial charge in [-0.3, -0.25) is 9.59 Å². The summed E-state index contributed by atoms with van der Waals surface area (Å²) in [5, 5.41) is 14.3. The van der Waals surface area contributed by atoms with E-state index in [1.54, 1.807) is 13.0 Å². The second-order valence-electron chi connectivity index (χ2n) is 5.02. The highest BCUT2D eigenvalue weighted by Crippen LogP contribution is 2.38. The van der Waals surface area contributed by atoms with Gasteiger partial charge in [-0.1, -0.05) is 0 Å². The summed E-state index contributed by atoms with van der Waals surface area (Å²) in [5.41, 5.74) is 0.582. The molecular weight excluding hydrogens is 274 g/mol. The molecule has 1 fully saturated rings. The normalized spacial score (nSPS) is 14.1. The number of nitrogens with zero attached hydrogens (tertiary/aromatic N) is 4. The van der Waals surface area contributed by atoms with E-state index >= 15 is 0 Å². The molecule has 0 spiro atoms. The van der Waals surface area contributed by atoms with Crippen LogP contribution in [-0.4, -0.2) is 25.9 Å². The quantitative estimate of drug-likeness (QED) is 0.839. The molecule has 1 amide bonds. The first-order valence-corrected chi connectivity index (χ1v) is 6.75. The van der Waals surface area contributed by atoms with E-state index in [9.17, 15) is 9.59 Å². The topological polar surface area (TPSA) is 103 Å². The summed E-state index contributed by atoms with van der Waals surface area (Å²) in [6.45, 7) is 1.69. The van der Waals surface area contributed by atoms with E-state index in [2.05, 4.69) is 20.6 Å². The predicted molar refractivity (Wildman–Crippen MR) is 71.4 cm³/mol. The van der Waals surface area contributed by atoms with Crippen molar-refractivity contribution >= 4 is 5.91 Å². The highest BCUT2D eigenvalue weighted by molar-refractivity contribution is 5.75. The lowest BCUT2D eigenvalue weighted by Gasteiger charge is -2.06. The van der Waals surface area contributed by atoms with Gasteiger partial charge in [0.05, 0.1) is 12.2 Å². The molecule has 1 N–H and O–H groups in total. The van der Waals surface area contributed by atoms with Crippen LogP contribution in [-0.2, 0) is 17.9 Å². The molecule has 8 nitrogen and oxygen atoms in total. The highest BCUT2D eigenvalue weighted by Gasteiger charge is 2.25. The summed E-state index contributed by atoms with van der Waals surface area (Å²) < 4.78 is 6.33. The van der Waals surface area contributed by atoms with E-state index in [1.807, 2.05) is 0 Å². The monoisotopic (exact) mass is 289 g/mol. The standard InChI is InChI=1S/C13H15N5O3/c1-8-15-16-12(21-8)6-14-11(19)7-18-13(20)5-4-10(17-18)9-2-3-9/h4-5,9H,2-3,6-7H2,1H3,(H,14,19). The first-order valence-electron chi connectivity index (χ1n) is 6.75. The second-order valence-corrected chi connectivity index (χ2v) is 5.02. The van der Waals surface area contributed by atoms with E-state index in [4.69, 9.17) is 4.42 Å². The third-order valence-corrected chi connectivity index (χ3v) is 3.18. The number of aryl methyl sites for hydroxylation is 1. The molecule has 2 heterocycles. The van der Waals surface area contributed by atoms with Gasteiger partial charge in [0.25, 0.3) is 5.56 Å². The fraction of sp³-hybridized carbons (Fsp3) is 0.462. The molecule has 110 valence electrons. The van der Waals surface area contributed by atoms with Crippen molar-refractivity contribution in [2.45, 2.75) is 38.8 Å². The first-order chi connectivity index (χ1) is 10.1. The zero-order chi connectivity index (χ0) is 14.8. The molecular formula is C13H15N5O3. The molecule has 1 aliphatic carbocycles. The Morgan fingerprint density at radius 1 is 1.43 bits per heavy atom. The van der Waals surface area contributed by atoms with Crippen molar-refractivity contribution in [1.29, 1.82) is 0 Å². The molecule has 0 bridgehead atoms. The SMILES string of the molecule is Cc1nnc(CNC(=O)Cn2nc(C3CC3)ccc2=O)o1. The number of carbonyl (C=O) groups is 1. The summed E-state index contributed by atoms with van der Waals surface area (Å²) in [7, 11) is 0. The smallest absolute Gasteiger partial charge is 0.267 e. The molecule has 0 aliphatic heterocycles. The number of hydrogen-bond donors (Lipinski definition) is 1. The first kappa shape index (κ1) is 13.5. The third kappa shape index (κ3) is 3.33. The molecule has 0 atom stereocenters. The van der Waals surface area contributed by atoms with Gasteiger partial charge in [0.1, 0.15) is 6.54 Å². The Kier molecular flexibility index (Phi) is 3.51. The average molecular weight is 289 g/mol. The van der Waals surface area contributed by atoms with Gasteiger partial charge in [0, 0.05) is 18.9 Å². The van der Waals surface area contributed by atoms with E-state index in [1.165, 1.54) is 10.7 Å². The lowest BCUT2D eigenvalue weighted by Crippen LogP contribution is -2.33. The Balaban J connectivity index is 1.61. The molecule has 0 radical (unpaired) electrons. The summed E-state index contributed by atoms with van der Waals surface area (Å²) >= 11 is 0. The van der Waals surface area contributed by atoms with Gasteiger partial charge in [-0.15, -0.1) is 10.2 Å². The lowest BCUT2D eigenvalue weighted by molar-refractivity contribution is -0.122. The van der Waals surface area contributed by atoms with Crippen molar-refractivity contribution in [2.75, 3.05) is 0 Å². The van der Waals surface area contributed by atoms with Crippen molar-refractivity contribution in [3.05, 3.63) is 40.0 Å². The largest absolute Gasteiger partial charge is 0.424 e. The molecule has 8 heteroatoms. The Morgan fingerprint density at radius 3 is 2.90 bits per heavy atom. The number of rotatable bonds is 5. The summed E-state index contributed by atoms with van der Waals surface area (Å²) in [4.78, 5) is 23.5. The summed E-state index contributed by atoms with van der Waals surface area (Å²) in [5.74, 6) is 0.872. The van der Waals surface area contributed by atoms with Crippen LogP contribution in [0.25, 0.3) is 0 Å². The van der Waals surface area contributed by atoms with Crippen LogP contribution in [0.3, 0.4) is 0 Å². The van der Waals surface area contributed by atoms with Crippen LogP contribution in [0.15, 0.2) is 21.3 Å². The van der Waals surface area contributed by atoms with Gasteiger partial charge in [-0.05, 0) is 18.9 Å². The molecule has 1 aliphatic rings. The van der Waals surface area contributed by atoms with Crippen LogP contribution in [0.2, 0.25) is 0 Å². The predicted octanol–water partition coefficient (Wildman–Crippen LogP) is 0.129. The minimum atomic E-state index is -0.326. The number of amides is 1. The average Bonchev–Trinajstić information content (AvgIpc) is 3.22. The molecule has 2 aromatic heterocycles. The molecule has 1 saturated carbocycles. The molecule has 0 unspecified atom stereocenters. The number of nitrogens with one attached hydrogen (secondary N) is 1. The number of aromatic nitrogens is 4. The fourth-order valence-corrected chi connectivity index (χ4v) is 1.95. The van der Waals surface area contributed by atoms with Crippen molar-refractivity contribution in [2.24, 2.45) is 0 Å². The lowest BCUT2D eigenvalue weighted by atomic mass is 10.3. The van der Waals surface area contributed by atoms with Crippen molar-refractivity contribution in [1.82, 2.24) is 25.3 Å². The van der Waals surface area contributed by atoms with E-state index in [0.717, 1.165) is 18.5 Å². The van der Waals surface area contributed by atoms with Crippen LogP contribution in [0.5, 0.6) is 0 Å². The van der Waals surface area contributed by atoms with Gasteiger partial charge in [0.2, 0.25) is 17.7 Å². The zero-order valence-electron chi connectivity index (χ0n) is 11.6. The van der Waals surface area contributed by atoms with Gasteiger partial charge < -0.3 is 9.73 Å². The van der Waals surface area contributed by atoms with Crippen molar-refractivity contribution in [3.8, 4) is 0 Å². The Hall–Kier alpha value is -2.51. The molecule has 0 saturated heterocycles. The second kappa shape index (κ2) is 5.47. The van der Waals surface area contributed by atoms with Crippen LogP contribution in [0.1, 0.15) is 36.2 Å². The third-order valence-electron chi connectivity index (χ3n) is 3.18. The maximum absolute atomic E-state index is 11.8.